The van der Waals surface area contributed by atoms with Crippen molar-refractivity contribution in [2.45, 2.75) is 19.4 Å². The van der Waals surface area contributed by atoms with Crippen molar-refractivity contribution < 1.29 is 9.13 Å². The van der Waals surface area contributed by atoms with Crippen molar-refractivity contribution in [2.75, 3.05) is 20.2 Å². The maximum Gasteiger partial charge on any atom is 0.168 e. The summed E-state index contributed by atoms with van der Waals surface area (Å²) in [6.45, 7) is 2.59. The molecule has 27 heavy (non-hydrogen) atoms. The number of methoxy groups -OCH3 is 1. The molecule has 0 saturated heterocycles. The summed E-state index contributed by atoms with van der Waals surface area (Å²) < 4.78 is 19.6. The van der Waals surface area contributed by atoms with Crippen molar-refractivity contribution in [3.8, 4) is 5.75 Å². The van der Waals surface area contributed by atoms with Gasteiger partial charge in [-0.05, 0) is 35.6 Å². The van der Waals surface area contributed by atoms with Gasteiger partial charge in [0.25, 0.3) is 0 Å². The molecule has 0 fully saturated rings. The zero-order valence-electron chi connectivity index (χ0n) is 15.8. The lowest BCUT2D eigenvalue weighted by Crippen LogP contribution is -2.28. The summed E-state index contributed by atoms with van der Waals surface area (Å²) >= 11 is 0. The van der Waals surface area contributed by atoms with Crippen molar-refractivity contribution in [2.24, 2.45) is 0 Å². The Hall–Kier alpha value is -2.65. The molecule has 3 aromatic carbocycles. The summed E-state index contributed by atoms with van der Waals surface area (Å²) in [5.41, 5.74) is 3.30. The Balaban J connectivity index is 1.67. The summed E-state index contributed by atoms with van der Waals surface area (Å²) in [5, 5.41) is 0. The molecule has 0 amide bonds. The first-order chi connectivity index (χ1) is 13.3. The fourth-order valence-corrected chi connectivity index (χ4v) is 3.23. The predicted molar refractivity (Wildman–Crippen MR) is 109 cm³/mol. The summed E-state index contributed by atoms with van der Waals surface area (Å²) in [5.74, 6) is 0.0640. The number of halogens is 1. The molecule has 0 saturated carbocycles. The molecule has 3 aromatic rings. The molecule has 0 bridgehead atoms. The SMILES string of the molecule is COc1cccc(CCN(CCc2ccccc2)Cc2ccccc2)c1F. The summed E-state index contributed by atoms with van der Waals surface area (Å²) in [7, 11) is 1.50. The second-order valence-electron chi connectivity index (χ2n) is 6.68. The first-order valence-electron chi connectivity index (χ1n) is 9.38. The van der Waals surface area contributed by atoms with E-state index in [1.165, 1.54) is 18.2 Å². The van der Waals surface area contributed by atoms with Gasteiger partial charge < -0.3 is 4.74 Å². The Morgan fingerprint density at radius 3 is 2.04 bits per heavy atom. The number of nitrogens with zero attached hydrogens (tertiary/aromatic N) is 1. The number of ether oxygens (including phenoxy) is 1. The third-order valence-corrected chi connectivity index (χ3v) is 4.77. The van der Waals surface area contributed by atoms with Crippen LogP contribution < -0.4 is 4.74 Å². The highest BCUT2D eigenvalue weighted by molar-refractivity contribution is 5.31. The zero-order valence-corrected chi connectivity index (χ0v) is 15.8. The van der Waals surface area contributed by atoms with Crippen LogP contribution in [0.3, 0.4) is 0 Å². The lowest BCUT2D eigenvalue weighted by atomic mass is 10.1. The van der Waals surface area contributed by atoms with Crippen molar-refractivity contribution in [3.63, 3.8) is 0 Å². The molecule has 3 heteroatoms. The molecule has 0 N–H and O–H groups in total. The smallest absolute Gasteiger partial charge is 0.168 e. The van der Waals surface area contributed by atoms with E-state index >= 15 is 0 Å². The van der Waals surface area contributed by atoms with E-state index in [-0.39, 0.29) is 5.82 Å². The van der Waals surface area contributed by atoms with Gasteiger partial charge in [0.1, 0.15) is 0 Å². The second kappa shape index (κ2) is 9.89. The minimum Gasteiger partial charge on any atom is -0.494 e. The van der Waals surface area contributed by atoms with Gasteiger partial charge in [-0.2, -0.15) is 0 Å². The van der Waals surface area contributed by atoms with E-state index in [1.807, 2.05) is 24.3 Å². The number of benzene rings is 3. The van der Waals surface area contributed by atoms with E-state index in [1.54, 1.807) is 6.07 Å². The van der Waals surface area contributed by atoms with Crippen molar-refractivity contribution in [3.05, 3.63) is 101 Å². The van der Waals surface area contributed by atoms with E-state index in [4.69, 9.17) is 4.74 Å². The Morgan fingerprint density at radius 2 is 1.37 bits per heavy atom. The fraction of sp³-hybridized carbons (Fsp3) is 0.250. The highest BCUT2D eigenvalue weighted by Gasteiger charge is 2.11. The predicted octanol–water partition coefficient (Wildman–Crippen LogP) is 5.12. The molecule has 0 aliphatic rings. The van der Waals surface area contributed by atoms with Crippen LogP contribution in [0.5, 0.6) is 5.75 Å². The minimum atomic E-state index is -0.247. The Labute approximate surface area is 161 Å². The Morgan fingerprint density at radius 1 is 0.741 bits per heavy atom. The molecule has 0 atom stereocenters. The highest BCUT2D eigenvalue weighted by atomic mass is 19.1. The minimum absolute atomic E-state index is 0.247. The molecule has 0 heterocycles. The van der Waals surface area contributed by atoms with Crippen LogP contribution in [0.25, 0.3) is 0 Å². The molecule has 0 spiro atoms. The third-order valence-electron chi connectivity index (χ3n) is 4.77. The van der Waals surface area contributed by atoms with Gasteiger partial charge in [0.2, 0.25) is 0 Å². The van der Waals surface area contributed by atoms with Crippen LogP contribution >= 0.6 is 0 Å². The van der Waals surface area contributed by atoms with E-state index < -0.39 is 0 Å². The highest BCUT2D eigenvalue weighted by Crippen LogP contribution is 2.20. The Kier molecular flexibility index (Phi) is 7.00. The number of rotatable bonds is 9. The van der Waals surface area contributed by atoms with Crippen LogP contribution in [0.2, 0.25) is 0 Å². The van der Waals surface area contributed by atoms with Crippen molar-refractivity contribution in [1.82, 2.24) is 4.90 Å². The second-order valence-corrected chi connectivity index (χ2v) is 6.68. The molecule has 140 valence electrons. The first-order valence-corrected chi connectivity index (χ1v) is 9.38. The lowest BCUT2D eigenvalue weighted by Gasteiger charge is -2.23. The van der Waals surface area contributed by atoms with Crippen LogP contribution in [-0.4, -0.2) is 25.1 Å². The van der Waals surface area contributed by atoms with Crippen LogP contribution in [-0.2, 0) is 19.4 Å². The van der Waals surface area contributed by atoms with E-state index in [0.29, 0.717) is 17.7 Å². The number of hydrogen-bond acceptors (Lipinski definition) is 2. The quantitative estimate of drug-likeness (QED) is 0.523. The van der Waals surface area contributed by atoms with Gasteiger partial charge in [-0.1, -0.05) is 72.8 Å². The molecule has 0 unspecified atom stereocenters. The molecular weight excluding hydrogens is 337 g/mol. The average molecular weight is 363 g/mol. The largest absolute Gasteiger partial charge is 0.494 e. The zero-order chi connectivity index (χ0) is 18.9. The van der Waals surface area contributed by atoms with Gasteiger partial charge in [-0.3, -0.25) is 4.90 Å². The van der Waals surface area contributed by atoms with Crippen LogP contribution in [0.1, 0.15) is 16.7 Å². The maximum atomic E-state index is 14.5. The summed E-state index contributed by atoms with van der Waals surface area (Å²) in [6.07, 6.45) is 1.64. The van der Waals surface area contributed by atoms with Gasteiger partial charge in [0.05, 0.1) is 7.11 Å². The molecule has 0 aliphatic carbocycles. The lowest BCUT2D eigenvalue weighted by molar-refractivity contribution is 0.270. The van der Waals surface area contributed by atoms with E-state index in [9.17, 15) is 4.39 Å². The topological polar surface area (TPSA) is 12.5 Å². The third kappa shape index (κ3) is 5.66. The number of hydrogen-bond donors (Lipinski definition) is 0. The molecule has 0 aliphatic heterocycles. The van der Waals surface area contributed by atoms with Gasteiger partial charge in [-0.15, -0.1) is 0 Å². The summed E-state index contributed by atoms with van der Waals surface area (Å²) in [6, 6.07) is 26.3. The monoisotopic (exact) mass is 363 g/mol. The molecule has 0 aromatic heterocycles. The normalized spacial score (nSPS) is 10.9. The molecular formula is C24H26FNO. The Bertz CT molecular complexity index is 820. The maximum absolute atomic E-state index is 14.5. The molecule has 0 radical (unpaired) electrons. The van der Waals surface area contributed by atoms with Gasteiger partial charge >= 0.3 is 0 Å². The fourth-order valence-electron chi connectivity index (χ4n) is 3.23. The van der Waals surface area contributed by atoms with Gasteiger partial charge in [0, 0.05) is 19.6 Å². The van der Waals surface area contributed by atoms with Gasteiger partial charge in [-0.25, -0.2) is 4.39 Å². The average Bonchev–Trinajstić information content (AvgIpc) is 2.72. The van der Waals surface area contributed by atoms with E-state index in [0.717, 1.165) is 26.1 Å². The van der Waals surface area contributed by atoms with Crippen LogP contribution in [0, 0.1) is 5.82 Å². The molecule has 3 rings (SSSR count). The summed E-state index contributed by atoms with van der Waals surface area (Å²) in [4.78, 5) is 2.39. The first kappa shape index (κ1) is 19.1. The van der Waals surface area contributed by atoms with Crippen molar-refractivity contribution >= 4 is 0 Å². The van der Waals surface area contributed by atoms with Crippen LogP contribution in [0.4, 0.5) is 4.39 Å². The van der Waals surface area contributed by atoms with Crippen molar-refractivity contribution in [1.29, 1.82) is 0 Å². The van der Waals surface area contributed by atoms with Crippen LogP contribution in [0.15, 0.2) is 78.9 Å². The molecule has 2 nitrogen and oxygen atoms in total. The standard InChI is InChI=1S/C24H26FNO/c1-27-23-14-8-13-22(24(23)25)16-18-26(19-21-11-6-3-7-12-21)17-15-20-9-4-2-5-10-20/h2-14H,15-19H2,1H3. The van der Waals surface area contributed by atoms with Gasteiger partial charge in [0.15, 0.2) is 11.6 Å². The van der Waals surface area contributed by atoms with E-state index in [2.05, 4.69) is 53.4 Å².